The largest absolute Gasteiger partial charge is 0.0899 e. The zero-order valence-electron chi connectivity index (χ0n) is 10.9. The van der Waals surface area contributed by atoms with Gasteiger partial charge >= 0.3 is 0 Å². The van der Waals surface area contributed by atoms with E-state index in [0.29, 0.717) is 6.54 Å². The maximum Gasteiger partial charge on any atom is 0.0446 e. The van der Waals surface area contributed by atoms with E-state index in [1.54, 1.807) is 0 Å². The molecule has 0 saturated heterocycles. The van der Waals surface area contributed by atoms with Crippen LogP contribution < -0.4 is 0 Å². The van der Waals surface area contributed by atoms with E-state index in [-0.39, 0.29) is 0 Å². The van der Waals surface area contributed by atoms with Gasteiger partial charge in [-0.05, 0) is 27.8 Å². The third-order valence-electron chi connectivity index (χ3n) is 2.99. The third kappa shape index (κ3) is 3.73. The Morgan fingerprint density at radius 1 is 1.05 bits per heavy atom. The summed E-state index contributed by atoms with van der Waals surface area (Å²) >= 11 is 3.47. The highest BCUT2D eigenvalue weighted by atomic mass is 79.9. The number of azide groups is 1. The van der Waals surface area contributed by atoms with Gasteiger partial charge in [-0.3, -0.25) is 0 Å². The number of benzene rings is 2. The van der Waals surface area contributed by atoms with E-state index in [4.69, 9.17) is 5.53 Å². The number of allylic oxidation sites excluding steroid dienone is 1. The van der Waals surface area contributed by atoms with Crippen molar-refractivity contribution < 1.29 is 0 Å². The fraction of sp³-hybridized carbons (Fsp3) is 0.125. The quantitative estimate of drug-likeness (QED) is 0.304. The number of halogens is 1. The van der Waals surface area contributed by atoms with Gasteiger partial charge in [0.15, 0.2) is 0 Å². The Labute approximate surface area is 126 Å². The predicted molar refractivity (Wildman–Crippen MR) is 87.7 cm³/mol. The first kappa shape index (κ1) is 14.4. The van der Waals surface area contributed by atoms with Crippen LogP contribution in [0.15, 0.2) is 65.8 Å². The minimum absolute atomic E-state index is 0.373. The van der Waals surface area contributed by atoms with Gasteiger partial charge in [0.05, 0.1) is 0 Å². The summed E-state index contributed by atoms with van der Waals surface area (Å²) in [7, 11) is 0. The molecule has 0 atom stereocenters. The van der Waals surface area contributed by atoms with Crippen molar-refractivity contribution in [1.29, 1.82) is 0 Å². The first-order valence-electron chi connectivity index (χ1n) is 6.27. The first-order valence-corrected chi connectivity index (χ1v) is 7.39. The molecule has 0 aliphatic rings. The lowest BCUT2D eigenvalue weighted by molar-refractivity contribution is 1.21. The molecule has 0 unspecified atom stereocenters. The van der Waals surface area contributed by atoms with Gasteiger partial charge in [0.2, 0.25) is 0 Å². The number of alkyl halides is 1. The lowest BCUT2D eigenvalue weighted by Crippen LogP contribution is -1.88. The summed E-state index contributed by atoms with van der Waals surface area (Å²) in [5.74, 6) is 0. The van der Waals surface area contributed by atoms with Gasteiger partial charge in [-0.25, -0.2) is 0 Å². The molecule has 0 amide bonds. The van der Waals surface area contributed by atoms with E-state index in [1.165, 1.54) is 11.1 Å². The summed E-state index contributed by atoms with van der Waals surface area (Å²) in [5.41, 5.74) is 13.0. The van der Waals surface area contributed by atoms with E-state index >= 15 is 0 Å². The van der Waals surface area contributed by atoms with Crippen LogP contribution in [0.2, 0.25) is 0 Å². The van der Waals surface area contributed by atoms with E-state index < -0.39 is 0 Å². The van der Waals surface area contributed by atoms with Gasteiger partial charge in [0.1, 0.15) is 0 Å². The van der Waals surface area contributed by atoms with Crippen molar-refractivity contribution in [3.8, 4) is 11.1 Å². The van der Waals surface area contributed by atoms with Gasteiger partial charge < -0.3 is 0 Å². The van der Waals surface area contributed by atoms with Crippen LogP contribution in [-0.2, 0) is 0 Å². The number of hydrogen-bond donors (Lipinski definition) is 0. The summed E-state index contributed by atoms with van der Waals surface area (Å²) in [6, 6.07) is 18.7. The Kier molecular flexibility index (Phi) is 5.42. The Balaban J connectivity index is 2.23. The molecule has 0 heterocycles. The van der Waals surface area contributed by atoms with Gasteiger partial charge in [-0.2, -0.15) is 0 Å². The minimum Gasteiger partial charge on any atom is -0.0899 e. The van der Waals surface area contributed by atoms with Gasteiger partial charge in [0.25, 0.3) is 0 Å². The molecule has 0 bridgehead atoms. The van der Waals surface area contributed by atoms with E-state index in [0.717, 1.165) is 16.5 Å². The molecule has 0 fully saturated rings. The van der Waals surface area contributed by atoms with E-state index in [2.05, 4.69) is 62.4 Å². The van der Waals surface area contributed by atoms with Crippen molar-refractivity contribution in [3.05, 3.63) is 76.7 Å². The Bertz CT molecular complexity index is 627. The summed E-state index contributed by atoms with van der Waals surface area (Å²) in [6.45, 7) is 0.373. The average Bonchev–Trinajstić information content (AvgIpc) is 2.53. The molecule has 0 radical (unpaired) electrons. The molecule has 0 aliphatic heterocycles. The highest BCUT2D eigenvalue weighted by Crippen LogP contribution is 2.23. The third-order valence-corrected chi connectivity index (χ3v) is 3.59. The molecule has 0 aromatic heterocycles. The second kappa shape index (κ2) is 7.53. The van der Waals surface area contributed by atoms with Crippen LogP contribution in [-0.4, -0.2) is 11.9 Å². The Hall–Kier alpha value is -2.03. The van der Waals surface area contributed by atoms with Crippen LogP contribution in [0.3, 0.4) is 0 Å². The summed E-state index contributed by atoms with van der Waals surface area (Å²) in [4.78, 5) is 2.75. The standard InChI is InChI=1S/C16H14BrN3/c17-12-16(10-11-19-20-18)15-8-6-14(7-9-15)13-4-2-1-3-5-13/h1-10H,11-12H2/b16-10+. The van der Waals surface area contributed by atoms with Crippen LogP contribution in [0.4, 0.5) is 0 Å². The van der Waals surface area contributed by atoms with Crippen molar-refractivity contribution in [2.24, 2.45) is 5.11 Å². The van der Waals surface area contributed by atoms with Crippen molar-refractivity contribution in [2.75, 3.05) is 11.9 Å². The Morgan fingerprint density at radius 2 is 1.70 bits per heavy atom. The average molecular weight is 328 g/mol. The molecule has 0 aliphatic carbocycles. The zero-order valence-corrected chi connectivity index (χ0v) is 12.5. The lowest BCUT2D eigenvalue weighted by atomic mass is 10.0. The number of rotatable bonds is 5. The molecule has 0 N–H and O–H groups in total. The maximum absolute atomic E-state index is 8.30. The lowest BCUT2D eigenvalue weighted by Gasteiger charge is -2.06. The highest BCUT2D eigenvalue weighted by Gasteiger charge is 2.01. The first-order chi connectivity index (χ1) is 9.85. The molecular weight excluding hydrogens is 314 g/mol. The van der Waals surface area contributed by atoms with Crippen LogP contribution in [0.25, 0.3) is 27.1 Å². The zero-order chi connectivity index (χ0) is 14.2. The Morgan fingerprint density at radius 3 is 2.30 bits per heavy atom. The second-order valence-electron chi connectivity index (χ2n) is 4.22. The maximum atomic E-state index is 8.30. The normalized spacial score (nSPS) is 10.9. The van der Waals surface area contributed by atoms with Crippen LogP contribution >= 0.6 is 15.9 Å². The van der Waals surface area contributed by atoms with Crippen molar-refractivity contribution >= 4 is 21.5 Å². The fourth-order valence-electron chi connectivity index (χ4n) is 1.94. The van der Waals surface area contributed by atoms with E-state index in [1.807, 2.05) is 24.3 Å². The topological polar surface area (TPSA) is 48.8 Å². The van der Waals surface area contributed by atoms with Crippen molar-refractivity contribution in [1.82, 2.24) is 0 Å². The van der Waals surface area contributed by atoms with Crippen LogP contribution in [0.5, 0.6) is 0 Å². The highest BCUT2D eigenvalue weighted by molar-refractivity contribution is 9.09. The van der Waals surface area contributed by atoms with Gasteiger partial charge in [-0.1, -0.05) is 81.7 Å². The molecule has 2 rings (SSSR count). The van der Waals surface area contributed by atoms with Crippen LogP contribution in [0.1, 0.15) is 5.56 Å². The van der Waals surface area contributed by atoms with Gasteiger partial charge in [-0.15, -0.1) is 0 Å². The molecule has 0 spiro atoms. The van der Waals surface area contributed by atoms with Gasteiger partial charge in [0, 0.05) is 16.8 Å². The minimum atomic E-state index is 0.373. The summed E-state index contributed by atoms with van der Waals surface area (Å²) in [6.07, 6.45) is 1.94. The van der Waals surface area contributed by atoms with Crippen LogP contribution in [0, 0.1) is 0 Å². The monoisotopic (exact) mass is 327 g/mol. The molecule has 100 valence electrons. The molecular formula is C16H14BrN3. The molecule has 2 aromatic rings. The number of nitrogens with zero attached hydrogens (tertiary/aromatic N) is 3. The van der Waals surface area contributed by atoms with Crippen molar-refractivity contribution in [3.63, 3.8) is 0 Å². The molecule has 0 saturated carbocycles. The molecule has 20 heavy (non-hydrogen) atoms. The predicted octanol–water partition coefficient (Wildman–Crippen LogP) is 5.44. The SMILES string of the molecule is [N-]=[N+]=NC/C=C(\CBr)c1ccc(-c2ccccc2)cc1. The number of hydrogen-bond acceptors (Lipinski definition) is 1. The second-order valence-corrected chi connectivity index (χ2v) is 4.78. The van der Waals surface area contributed by atoms with Crippen molar-refractivity contribution in [2.45, 2.75) is 0 Å². The molecule has 2 aromatic carbocycles. The smallest absolute Gasteiger partial charge is 0.0446 e. The summed E-state index contributed by atoms with van der Waals surface area (Å²) < 4.78 is 0. The summed E-state index contributed by atoms with van der Waals surface area (Å²) in [5, 5.41) is 4.27. The fourth-order valence-corrected chi connectivity index (χ4v) is 2.50. The van der Waals surface area contributed by atoms with E-state index in [9.17, 15) is 0 Å². The molecule has 3 nitrogen and oxygen atoms in total. The molecule has 4 heteroatoms.